The number of rotatable bonds is 3. The molecule has 0 bridgehead atoms. The first-order chi connectivity index (χ1) is 8.66. The van der Waals surface area contributed by atoms with E-state index in [2.05, 4.69) is 4.90 Å². The number of hydrogen-bond donors (Lipinski definition) is 1. The molecule has 2 rings (SSSR count). The Balaban J connectivity index is 2.15. The molecule has 0 spiro atoms. The van der Waals surface area contributed by atoms with Crippen molar-refractivity contribution in [1.29, 1.82) is 0 Å². The average Bonchev–Trinajstić information content (AvgIpc) is 2.57. The van der Waals surface area contributed by atoms with Crippen LogP contribution in [0, 0.1) is 5.82 Å². The van der Waals surface area contributed by atoms with Crippen molar-refractivity contribution in [3.63, 3.8) is 0 Å². The van der Waals surface area contributed by atoms with Crippen molar-refractivity contribution in [2.45, 2.75) is 32.2 Å². The molecule has 0 radical (unpaired) electrons. The Labute approximate surface area is 113 Å². The van der Waals surface area contributed by atoms with Crippen LogP contribution in [-0.2, 0) is 6.54 Å². The van der Waals surface area contributed by atoms with E-state index in [4.69, 9.17) is 18.0 Å². The Hall–Kier alpha value is -1.00. The van der Waals surface area contributed by atoms with Crippen LogP contribution in [0.4, 0.5) is 4.39 Å². The van der Waals surface area contributed by atoms with Gasteiger partial charge in [0, 0.05) is 12.1 Å². The summed E-state index contributed by atoms with van der Waals surface area (Å²) in [6, 6.07) is 4.66. The van der Waals surface area contributed by atoms with Gasteiger partial charge in [0.15, 0.2) is 0 Å². The Morgan fingerprint density at radius 2 is 1.89 bits per heavy atom. The molecule has 1 aliphatic rings. The van der Waals surface area contributed by atoms with Gasteiger partial charge in [0.1, 0.15) is 10.8 Å². The van der Waals surface area contributed by atoms with Crippen LogP contribution in [0.1, 0.15) is 36.8 Å². The van der Waals surface area contributed by atoms with Gasteiger partial charge in [-0.15, -0.1) is 0 Å². The van der Waals surface area contributed by atoms with E-state index in [1.54, 1.807) is 12.1 Å². The van der Waals surface area contributed by atoms with Crippen molar-refractivity contribution in [2.75, 3.05) is 13.1 Å². The maximum atomic E-state index is 13.3. The van der Waals surface area contributed by atoms with Crippen LogP contribution in [0.2, 0.25) is 0 Å². The highest BCUT2D eigenvalue weighted by Gasteiger charge is 2.13. The molecule has 0 unspecified atom stereocenters. The van der Waals surface area contributed by atoms with Gasteiger partial charge >= 0.3 is 0 Å². The van der Waals surface area contributed by atoms with Gasteiger partial charge in [-0.25, -0.2) is 4.39 Å². The second kappa shape index (κ2) is 6.25. The maximum absolute atomic E-state index is 13.3. The summed E-state index contributed by atoms with van der Waals surface area (Å²) in [4.78, 5) is 2.71. The zero-order valence-electron chi connectivity index (χ0n) is 10.5. The molecule has 0 aliphatic carbocycles. The number of benzene rings is 1. The van der Waals surface area contributed by atoms with Gasteiger partial charge in [0.05, 0.1) is 0 Å². The predicted molar refractivity (Wildman–Crippen MR) is 76.0 cm³/mol. The first kappa shape index (κ1) is 13.4. The van der Waals surface area contributed by atoms with Gasteiger partial charge < -0.3 is 5.73 Å². The van der Waals surface area contributed by atoms with Gasteiger partial charge in [0.25, 0.3) is 0 Å². The highest BCUT2D eigenvalue weighted by molar-refractivity contribution is 7.80. The molecule has 2 nitrogen and oxygen atoms in total. The lowest BCUT2D eigenvalue weighted by Crippen LogP contribution is -2.26. The topological polar surface area (TPSA) is 29.3 Å². The van der Waals surface area contributed by atoms with Crippen LogP contribution < -0.4 is 5.73 Å². The van der Waals surface area contributed by atoms with Crippen LogP contribution in [0.25, 0.3) is 0 Å². The third-order valence-corrected chi connectivity index (χ3v) is 3.65. The van der Waals surface area contributed by atoms with E-state index < -0.39 is 0 Å². The number of nitrogens with two attached hydrogens (primary N) is 1. The fraction of sp³-hybridized carbons (Fsp3) is 0.500. The van der Waals surface area contributed by atoms with Crippen LogP contribution >= 0.6 is 12.2 Å². The van der Waals surface area contributed by atoms with E-state index in [1.165, 1.54) is 31.7 Å². The molecule has 0 atom stereocenters. The summed E-state index contributed by atoms with van der Waals surface area (Å²) in [5, 5.41) is 0. The molecule has 2 N–H and O–H groups in total. The molecule has 1 aliphatic heterocycles. The van der Waals surface area contributed by atoms with Gasteiger partial charge in [0.2, 0.25) is 0 Å². The summed E-state index contributed by atoms with van der Waals surface area (Å²) in [5.74, 6) is -0.222. The number of likely N-dealkylation sites (tertiary alicyclic amines) is 1. The Morgan fingerprint density at radius 3 is 2.50 bits per heavy atom. The molecule has 0 saturated carbocycles. The van der Waals surface area contributed by atoms with E-state index in [1.807, 2.05) is 0 Å². The Morgan fingerprint density at radius 1 is 1.22 bits per heavy atom. The quantitative estimate of drug-likeness (QED) is 0.853. The molecule has 1 heterocycles. The maximum Gasteiger partial charge on any atom is 0.123 e. The fourth-order valence-corrected chi connectivity index (χ4v) is 2.67. The molecule has 1 fully saturated rings. The number of thiocarbonyl (C=S) groups is 1. The second-order valence-electron chi connectivity index (χ2n) is 4.86. The summed E-state index contributed by atoms with van der Waals surface area (Å²) >= 11 is 5.02. The normalized spacial score (nSPS) is 17.4. The third kappa shape index (κ3) is 3.50. The highest BCUT2D eigenvalue weighted by Crippen LogP contribution is 2.17. The number of hydrogen-bond acceptors (Lipinski definition) is 2. The monoisotopic (exact) mass is 266 g/mol. The van der Waals surface area contributed by atoms with E-state index in [9.17, 15) is 4.39 Å². The van der Waals surface area contributed by atoms with E-state index >= 15 is 0 Å². The molecule has 1 aromatic carbocycles. The van der Waals surface area contributed by atoms with Crippen LogP contribution in [0.15, 0.2) is 18.2 Å². The molecule has 18 heavy (non-hydrogen) atoms. The molecule has 0 amide bonds. The molecular weight excluding hydrogens is 247 g/mol. The molecule has 1 aromatic rings. The smallest absolute Gasteiger partial charge is 0.123 e. The minimum atomic E-state index is -0.222. The minimum Gasteiger partial charge on any atom is -0.389 e. The first-order valence-corrected chi connectivity index (χ1v) is 6.88. The van der Waals surface area contributed by atoms with Gasteiger partial charge in [-0.05, 0) is 49.7 Å². The molecule has 0 aromatic heterocycles. The van der Waals surface area contributed by atoms with Gasteiger partial charge in [-0.2, -0.15) is 0 Å². The summed E-state index contributed by atoms with van der Waals surface area (Å²) < 4.78 is 13.3. The minimum absolute atomic E-state index is 0.222. The molecule has 98 valence electrons. The van der Waals surface area contributed by atoms with Gasteiger partial charge in [-0.1, -0.05) is 25.1 Å². The summed E-state index contributed by atoms with van der Waals surface area (Å²) in [5.41, 5.74) is 7.40. The number of nitrogens with zero attached hydrogens (tertiary/aromatic N) is 1. The summed E-state index contributed by atoms with van der Waals surface area (Å²) in [6.07, 6.45) is 5.03. The lowest BCUT2D eigenvalue weighted by atomic mass is 10.1. The lowest BCUT2D eigenvalue weighted by Gasteiger charge is -2.21. The highest BCUT2D eigenvalue weighted by atomic mass is 32.1. The van der Waals surface area contributed by atoms with Crippen molar-refractivity contribution in [3.05, 3.63) is 35.1 Å². The SMILES string of the molecule is NC(=S)c1ccc(F)cc1CN1CCCCCC1. The summed E-state index contributed by atoms with van der Waals surface area (Å²) in [6.45, 7) is 2.89. The van der Waals surface area contributed by atoms with Crippen LogP contribution in [-0.4, -0.2) is 23.0 Å². The molecule has 4 heteroatoms. The Kier molecular flexibility index (Phi) is 4.66. The van der Waals surface area contributed by atoms with Crippen molar-refractivity contribution in [3.8, 4) is 0 Å². The van der Waals surface area contributed by atoms with Crippen LogP contribution in [0.5, 0.6) is 0 Å². The third-order valence-electron chi connectivity index (χ3n) is 3.43. The van der Waals surface area contributed by atoms with E-state index in [-0.39, 0.29) is 5.82 Å². The van der Waals surface area contributed by atoms with Crippen molar-refractivity contribution in [2.24, 2.45) is 5.73 Å². The van der Waals surface area contributed by atoms with Gasteiger partial charge in [-0.3, -0.25) is 4.90 Å². The standard InChI is InChI=1S/C14H19FN2S/c15-12-5-6-13(14(16)18)11(9-12)10-17-7-3-1-2-4-8-17/h5-6,9H,1-4,7-8,10H2,(H2,16,18). The van der Waals surface area contributed by atoms with E-state index in [0.29, 0.717) is 4.99 Å². The van der Waals surface area contributed by atoms with E-state index in [0.717, 1.165) is 30.8 Å². The number of halogens is 1. The summed E-state index contributed by atoms with van der Waals surface area (Å²) in [7, 11) is 0. The Bertz CT molecular complexity index is 426. The average molecular weight is 266 g/mol. The zero-order valence-corrected chi connectivity index (χ0v) is 11.3. The first-order valence-electron chi connectivity index (χ1n) is 6.47. The second-order valence-corrected chi connectivity index (χ2v) is 5.30. The molecule has 1 saturated heterocycles. The zero-order chi connectivity index (χ0) is 13.0. The fourth-order valence-electron chi connectivity index (χ4n) is 2.47. The van der Waals surface area contributed by atoms with Crippen LogP contribution in [0.3, 0.4) is 0 Å². The predicted octanol–water partition coefficient (Wildman–Crippen LogP) is 2.84. The lowest BCUT2D eigenvalue weighted by molar-refractivity contribution is 0.276. The van der Waals surface area contributed by atoms with Crippen molar-refractivity contribution in [1.82, 2.24) is 4.90 Å². The molecular formula is C14H19FN2S. The van der Waals surface area contributed by atoms with Crippen molar-refractivity contribution >= 4 is 17.2 Å². The largest absolute Gasteiger partial charge is 0.389 e. The van der Waals surface area contributed by atoms with Crippen molar-refractivity contribution < 1.29 is 4.39 Å².